The van der Waals surface area contributed by atoms with Crippen LogP contribution >= 0.6 is 23.5 Å². The van der Waals surface area contributed by atoms with Gasteiger partial charge in [0.15, 0.2) is 0 Å². The third-order valence-corrected chi connectivity index (χ3v) is 7.03. The fourth-order valence-electron chi connectivity index (χ4n) is 1.85. The minimum absolute atomic E-state index is 0.0818. The molecular weight excluding hydrogens is 276 g/mol. The quantitative estimate of drug-likeness (QED) is 0.750. The molecule has 0 aromatic heterocycles. The highest BCUT2D eigenvalue weighted by Crippen LogP contribution is 2.34. The minimum Gasteiger partial charge on any atom is -0.298 e. The first-order valence-corrected chi connectivity index (χ1v) is 10.0. The topological polar surface area (TPSA) is 51.2 Å². The van der Waals surface area contributed by atoms with Gasteiger partial charge in [-0.05, 0) is 12.8 Å². The summed E-state index contributed by atoms with van der Waals surface area (Å²) < 4.78 is 22.0. The van der Waals surface area contributed by atoms with Crippen molar-refractivity contribution in [2.45, 2.75) is 36.7 Å². The molecule has 2 atom stereocenters. The van der Waals surface area contributed by atoms with E-state index in [-0.39, 0.29) is 16.8 Å². The first kappa shape index (κ1) is 15.4. The van der Waals surface area contributed by atoms with Crippen molar-refractivity contribution < 1.29 is 13.2 Å². The number of carbonyl (C=O) groups is 1. The van der Waals surface area contributed by atoms with Crippen LogP contribution in [-0.4, -0.2) is 48.2 Å². The van der Waals surface area contributed by atoms with Gasteiger partial charge in [0.1, 0.15) is 15.6 Å². The van der Waals surface area contributed by atoms with Gasteiger partial charge in [-0.25, -0.2) is 8.42 Å². The van der Waals surface area contributed by atoms with Gasteiger partial charge in [-0.2, -0.15) is 11.8 Å². The Bertz CT molecular complexity index is 351. The first-order chi connectivity index (χ1) is 7.94. The van der Waals surface area contributed by atoms with Crippen LogP contribution < -0.4 is 0 Å². The zero-order chi connectivity index (χ0) is 12.9. The maximum atomic E-state index is 12.0. The molecule has 0 aromatic carbocycles. The molecule has 0 saturated carbocycles. The lowest BCUT2D eigenvalue weighted by Gasteiger charge is -2.28. The largest absolute Gasteiger partial charge is 0.298 e. The van der Waals surface area contributed by atoms with Gasteiger partial charge >= 0.3 is 0 Å². The second-order valence-corrected chi connectivity index (χ2v) is 9.16. The second-order valence-electron chi connectivity index (χ2n) is 4.31. The van der Waals surface area contributed by atoms with E-state index in [4.69, 9.17) is 0 Å². The summed E-state index contributed by atoms with van der Waals surface area (Å²) in [6, 6.07) is 0. The van der Waals surface area contributed by atoms with Crippen molar-refractivity contribution in [2.75, 3.05) is 23.5 Å². The normalized spacial score (nSPS) is 25.8. The molecule has 0 bridgehead atoms. The molecule has 0 spiro atoms. The lowest BCUT2D eigenvalue weighted by atomic mass is 10.1. The van der Waals surface area contributed by atoms with Crippen LogP contribution in [0.1, 0.15) is 26.2 Å². The summed E-state index contributed by atoms with van der Waals surface area (Å²) >= 11 is 3.62. The smallest absolute Gasteiger partial charge is 0.147 e. The van der Waals surface area contributed by atoms with Crippen molar-refractivity contribution >= 4 is 39.1 Å². The lowest BCUT2D eigenvalue weighted by Crippen LogP contribution is -2.32. The van der Waals surface area contributed by atoms with Crippen LogP contribution in [0.3, 0.4) is 0 Å². The molecular formula is C11H20O3S3. The zero-order valence-electron chi connectivity index (χ0n) is 10.3. The summed E-state index contributed by atoms with van der Waals surface area (Å²) in [6.07, 6.45) is 3.11. The third-order valence-electron chi connectivity index (χ3n) is 2.71. The molecule has 0 radical (unpaired) electrons. The molecule has 1 fully saturated rings. The molecule has 0 amide bonds. The summed E-state index contributed by atoms with van der Waals surface area (Å²) in [7, 11) is -2.93. The van der Waals surface area contributed by atoms with Crippen LogP contribution in [0.2, 0.25) is 0 Å². The Morgan fingerprint density at radius 2 is 1.94 bits per heavy atom. The molecule has 1 heterocycles. The lowest BCUT2D eigenvalue weighted by molar-refractivity contribution is -0.118. The average molecular weight is 296 g/mol. The Morgan fingerprint density at radius 1 is 1.29 bits per heavy atom. The average Bonchev–Trinajstić information content (AvgIpc) is 2.27. The molecule has 1 aliphatic rings. The molecule has 17 heavy (non-hydrogen) atoms. The Morgan fingerprint density at radius 3 is 2.53 bits per heavy atom. The predicted octanol–water partition coefficient (Wildman–Crippen LogP) is 2.01. The first-order valence-electron chi connectivity index (χ1n) is 5.87. The number of thioether (sulfide) groups is 2. The van der Waals surface area contributed by atoms with Crippen LogP contribution in [0.15, 0.2) is 0 Å². The molecule has 0 N–H and O–H groups in total. The van der Waals surface area contributed by atoms with Crippen LogP contribution in [0.4, 0.5) is 0 Å². The van der Waals surface area contributed by atoms with Gasteiger partial charge in [-0.1, -0.05) is 6.92 Å². The summed E-state index contributed by atoms with van der Waals surface area (Å²) in [5.74, 6) is 2.51. The van der Waals surface area contributed by atoms with Gasteiger partial charge in [0.25, 0.3) is 0 Å². The number of ketones is 1. The highest BCUT2D eigenvalue weighted by molar-refractivity contribution is 8.07. The Balaban J connectivity index is 2.40. The summed E-state index contributed by atoms with van der Waals surface area (Å²) in [4.78, 5) is 12.0. The standard InChI is InChI=1S/C11H20O3S3/c1-3-10-11(16-7-6-15-10)9(12)5-4-8-17(2,13)14/h10-11H,3-8H2,1-2H3. The fourth-order valence-corrected chi connectivity index (χ4v) is 5.59. The molecule has 1 saturated heterocycles. The molecule has 3 nitrogen and oxygen atoms in total. The van der Waals surface area contributed by atoms with Gasteiger partial charge in [0.05, 0.1) is 11.0 Å². The highest BCUT2D eigenvalue weighted by atomic mass is 32.2. The van der Waals surface area contributed by atoms with E-state index in [1.54, 1.807) is 11.8 Å². The molecule has 1 rings (SSSR count). The van der Waals surface area contributed by atoms with E-state index in [1.807, 2.05) is 11.8 Å². The molecule has 2 unspecified atom stereocenters. The van der Waals surface area contributed by atoms with Gasteiger partial charge in [0.2, 0.25) is 0 Å². The zero-order valence-corrected chi connectivity index (χ0v) is 12.8. The number of carbonyl (C=O) groups excluding carboxylic acids is 1. The van der Waals surface area contributed by atoms with E-state index in [2.05, 4.69) is 6.92 Å². The number of sulfone groups is 1. The summed E-state index contributed by atoms with van der Waals surface area (Å²) in [5, 5.41) is 0.498. The van der Waals surface area contributed by atoms with Gasteiger partial charge in [-0.3, -0.25) is 4.79 Å². The molecule has 6 heteroatoms. The van der Waals surface area contributed by atoms with Crippen molar-refractivity contribution in [3.8, 4) is 0 Å². The van der Waals surface area contributed by atoms with Crippen LogP contribution in [-0.2, 0) is 14.6 Å². The minimum atomic E-state index is -2.93. The fraction of sp³-hybridized carbons (Fsp3) is 0.909. The van der Waals surface area contributed by atoms with E-state index in [0.29, 0.717) is 18.1 Å². The third kappa shape index (κ3) is 5.66. The maximum Gasteiger partial charge on any atom is 0.147 e. The summed E-state index contributed by atoms with van der Waals surface area (Å²) in [5.41, 5.74) is 0. The maximum absolute atomic E-state index is 12.0. The van der Waals surface area contributed by atoms with Gasteiger partial charge in [-0.15, -0.1) is 11.8 Å². The molecule has 100 valence electrons. The molecule has 1 aliphatic heterocycles. The second kappa shape index (κ2) is 7.04. The van der Waals surface area contributed by atoms with Gasteiger partial charge < -0.3 is 0 Å². The predicted molar refractivity (Wildman–Crippen MR) is 76.7 cm³/mol. The van der Waals surface area contributed by atoms with Crippen molar-refractivity contribution in [1.82, 2.24) is 0 Å². The number of hydrogen-bond donors (Lipinski definition) is 0. The Labute approximate surface area is 112 Å². The number of rotatable bonds is 6. The monoisotopic (exact) mass is 296 g/mol. The van der Waals surface area contributed by atoms with Crippen molar-refractivity contribution in [3.05, 3.63) is 0 Å². The number of hydrogen-bond acceptors (Lipinski definition) is 5. The van der Waals surface area contributed by atoms with Crippen molar-refractivity contribution in [1.29, 1.82) is 0 Å². The van der Waals surface area contributed by atoms with Crippen LogP contribution in [0, 0.1) is 0 Å². The Hall–Kier alpha value is 0.320. The van der Waals surface area contributed by atoms with E-state index < -0.39 is 9.84 Å². The highest BCUT2D eigenvalue weighted by Gasteiger charge is 2.30. The van der Waals surface area contributed by atoms with Crippen LogP contribution in [0.25, 0.3) is 0 Å². The SMILES string of the molecule is CCC1SCCSC1C(=O)CCCS(C)(=O)=O. The van der Waals surface area contributed by atoms with E-state index in [9.17, 15) is 13.2 Å². The van der Waals surface area contributed by atoms with Crippen LogP contribution in [0.5, 0.6) is 0 Å². The van der Waals surface area contributed by atoms with Crippen molar-refractivity contribution in [2.24, 2.45) is 0 Å². The van der Waals surface area contributed by atoms with Gasteiger partial charge in [0, 0.05) is 29.4 Å². The Kier molecular flexibility index (Phi) is 6.37. The molecule has 0 aliphatic carbocycles. The molecule has 0 aromatic rings. The summed E-state index contributed by atoms with van der Waals surface area (Å²) in [6.45, 7) is 2.11. The number of Topliss-reactive ketones (excluding diaryl/α,β-unsaturated/α-hetero) is 1. The van der Waals surface area contributed by atoms with E-state index >= 15 is 0 Å². The van der Waals surface area contributed by atoms with E-state index in [0.717, 1.165) is 17.9 Å². The van der Waals surface area contributed by atoms with E-state index in [1.165, 1.54) is 6.26 Å². The van der Waals surface area contributed by atoms with Crippen molar-refractivity contribution in [3.63, 3.8) is 0 Å².